The zero-order valence-electron chi connectivity index (χ0n) is 14.8. The van der Waals surface area contributed by atoms with Crippen molar-refractivity contribution in [2.75, 3.05) is 13.1 Å². The number of carbonyl (C=O) groups excluding carboxylic acids is 2. The van der Waals surface area contributed by atoms with E-state index in [1.54, 1.807) is 24.3 Å². The number of hydrogen-bond acceptors (Lipinski definition) is 5. The third-order valence-electron chi connectivity index (χ3n) is 5.54. The first-order valence-electron chi connectivity index (χ1n) is 8.92. The first kappa shape index (κ1) is 16.7. The Hall–Kier alpha value is -2.77. The van der Waals surface area contributed by atoms with E-state index in [1.807, 2.05) is 17.0 Å². The number of hydrogen-bond donors (Lipinski definition) is 0. The molecule has 2 saturated heterocycles. The van der Waals surface area contributed by atoms with Crippen molar-refractivity contribution >= 4 is 11.8 Å². The van der Waals surface area contributed by atoms with Crippen LogP contribution in [0.5, 0.6) is 0 Å². The quantitative estimate of drug-likeness (QED) is 0.821. The fourth-order valence-corrected chi connectivity index (χ4v) is 4.03. The minimum Gasteiger partial charge on any atom is -0.336 e. The largest absolute Gasteiger partial charge is 0.336 e. The molecule has 0 atom stereocenters. The summed E-state index contributed by atoms with van der Waals surface area (Å²) in [5.74, 6) is 0.304. The number of aryl methyl sites for hydroxylation is 1. The van der Waals surface area contributed by atoms with Crippen LogP contribution in [0.15, 0.2) is 30.9 Å². The van der Waals surface area contributed by atoms with Crippen LogP contribution < -0.4 is 0 Å². The highest BCUT2D eigenvalue weighted by Gasteiger charge is 2.47. The average Bonchev–Trinajstić information content (AvgIpc) is 3.22. The topological polar surface area (TPSA) is 84.2 Å². The minimum atomic E-state index is -0.144. The molecule has 2 aliphatic heterocycles. The van der Waals surface area contributed by atoms with E-state index >= 15 is 0 Å². The molecule has 2 aliphatic rings. The summed E-state index contributed by atoms with van der Waals surface area (Å²) in [6, 6.07) is 3.90. The highest BCUT2D eigenvalue weighted by molar-refractivity contribution is 5.90. The van der Waals surface area contributed by atoms with Gasteiger partial charge in [-0.25, -0.2) is 4.98 Å². The predicted octanol–water partition coefficient (Wildman–Crippen LogP) is 1.01. The van der Waals surface area contributed by atoms with Crippen LogP contribution in [0, 0.1) is 0 Å². The Morgan fingerprint density at radius 3 is 2.58 bits per heavy atom. The Labute approximate surface area is 151 Å². The molecule has 0 unspecified atom stereocenters. The molecule has 2 fully saturated rings. The Morgan fingerprint density at radius 1 is 1.19 bits per heavy atom. The van der Waals surface area contributed by atoms with E-state index in [2.05, 4.69) is 15.1 Å². The summed E-state index contributed by atoms with van der Waals surface area (Å²) in [5, 5.41) is 4.10. The maximum Gasteiger partial charge on any atom is 0.293 e. The van der Waals surface area contributed by atoms with Gasteiger partial charge in [-0.2, -0.15) is 0 Å². The molecule has 4 heterocycles. The van der Waals surface area contributed by atoms with E-state index in [-0.39, 0.29) is 23.2 Å². The van der Waals surface area contributed by atoms with Gasteiger partial charge in [0.1, 0.15) is 6.33 Å². The highest BCUT2D eigenvalue weighted by atomic mass is 16.2. The van der Waals surface area contributed by atoms with Crippen molar-refractivity contribution in [1.29, 1.82) is 0 Å². The molecule has 136 valence electrons. The Bertz CT molecular complexity index is 810. The SMILES string of the molecule is Cn1cnc(C(=O)N2CCC3(CCC(=O)N3Cc3ccncc3)CC2)n1. The number of carbonyl (C=O) groups is 2. The smallest absolute Gasteiger partial charge is 0.293 e. The van der Waals surface area contributed by atoms with Gasteiger partial charge in [0.25, 0.3) is 5.91 Å². The summed E-state index contributed by atoms with van der Waals surface area (Å²) in [4.78, 5) is 37.0. The van der Waals surface area contributed by atoms with Crippen LogP contribution >= 0.6 is 0 Å². The first-order chi connectivity index (χ1) is 12.6. The second-order valence-electron chi connectivity index (χ2n) is 7.09. The standard InChI is InChI=1S/C18H22N6O2/c1-22-13-20-16(21-22)17(26)23-10-6-18(7-11-23)5-2-15(25)24(18)12-14-3-8-19-9-4-14/h3-4,8-9,13H,2,5-7,10-12H2,1H3. The normalized spacial score (nSPS) is 19.3. The molecule has 2 aromatic rings. The van der Waals surface area contributed by atoms with E-state index in [4.69, 9.17) is 0 Å². The van der Waals surface area contributed by atoms with Crippen molar-refractivity contribution in [2.24, 2.45) is 7.05 Å². The van der Waals surface area contributed by atoms with E-state index in [0.29, 0.717) is 26.1 Å². The van der Waals surface area contributed by atoms with Crippen molar-refractivity contribution in [3.8, 4) is 0 Å². The fraction of sp³-hybridized carbons (Fsp3) is 0.500. The molecule has 2 aromatic heterocycles. The van der Waals surface area contributed by atoms with Gasteiger partial charge in [-0.15, -0.1) is 5.10 Å². The van der Waals surface area contributed by atoms with Crippen LogP contribution in [-0.4, -0.2) is 60.0 Å². The van der Waals surface area contributed by atoms with Crippen LogP contribution in [0.2, 0.25) is 0 Å². The number of pyridine rings is 1. The molecule has 0 aliphatic carbocycles. The molecule has 4 rings (SSSR count). The lowest BCUT2D eigenvalue weighted by Gasteiger charge is -2.44. The molecule has 8 nitrogen and oxygen atoms in total. The lowest BCUT2D eigenvalue weighted by molar-refractivity contribution is -0.133. The molecule has 0 radical (unpaired) electrons. The second-order valence-corrected chi connectivity index (χ2v) is 7.09. The van der Waals surface area contributed by atoms with Crippen LogP contribution in [0.25, 0.3) is 0 Å². The van der Waals surface area contributed by atoms with Crippen molar-refractivity contribution in [1.82, 2.24) is 29.5 Å². The van der Waals surface area contributed by atoms with Crippen LogP contribution in [-0.2, 0) is 18.4 Å². The molecule has 8 heteroatoms. The van der Waals surface area contributed by atoms with Crippen molar-refractivity contribution < 1.29 is 9.59 Å². The highest BCUT2D eigenvalue weighted by Crippen LogP contribution is 2.40. The number of amides is 2. The summed E-state index contributed by atoms with van der Waals surface area (Å²) in [6.45, 7) is 1.85. The summed E-state index contributed by atoms with van der Waals surface area (Å²) < 4.78 is 1.53. The maximum absolute atomic E-state index is 12.6. The summed E-state index contributed by atoms with van der Waals surface area (Å²) >= 11 is 0. The number of piperidine rings is 1. The third kappa shape index (κ3) is 2.95. The molecule has 26 heavy (non-hydrogen) atoms. The van der Waals surface area contributed by atoms with Crippen molar-refractivity contribution in [3.05, 3.63) is 42.2 Å². The molecule has 0 saturated carbocycles. The van der Waals surface area contributed by atoms with Gasteiger partial charge in [0, 0.05) is 51.0 Å². The van der Waals surface area contributed by atoms with Crippen LogP contribution in [0.1, 0.15) is 41.9 Å². The second kappa shape index (κ2) is 6.51. The predicted molar refractivity (Wildman–Crippen MR) is 92.9 cm³/mol. The number of aromatic nitrogens is 4. The van der Waals surface area contributed by atoms with Crippen molar-refractivity contribution in [2.45, 2.75) is 37.8 Å². The zero-order valence-corrected chi connectivity index (χ0v) is 14.8. The van der Waals surface area contributed by atoms with Gasteiger partial charge in [0.2, 0.25) is 11.7 Å². The van der Waals surface area contributed by atoms with Gasteiger partial charge in [-0.1, -0.05) is 0 Å². The zero-order chi connectivity index (χ0) is 18.1. The molecule has 2 amide bonds. The first-order valence-corrected chi connectivity index (χ1v) is 8.92. The van der Waals surface area contributed by atoms with Crippen molar-refractivity contribution in [3.63, 3.8) is 0 Å². The fourth-order valence-electron chi connectivity index (χ4n) is 4.03. The van der Waals surface area contributed by atoms with Gasteiger partial charge >= 0.3 is 0 Å². The van der Waals surface area contributed by atoms with Gasteiger partial charge in [-0.05, 0) is 37.0 Å². The van der Waals surface area contributed by atoms with E-state index in [1.165, 1.54) is 11.0 Å². The molecular weight excluding hydrogens is 332 g/mol. The maximum atomic E-state index is 12.6. The lowest BCUT2D eigenvalue weighted by Crippen LogP contribution is -2.54. The van der Waals surface area contributed by atoms with E-state index in [9.17, 15) is 9.59 Å². The number of likely N-dealkylation sites (tertiary alicyclic amines) is 2. The van der Waals surface area contributed by atoms with Gasteiger partial charge in [0.15, 0.2) is 0 Å². The molecule has 1 spiro atoms. The Kier molecular flexibility index (Phi) is 4.18. The third-order valence-corrected chi connectivity index (χ3v) is 5.54. The minimum absolute atomic E-state index is 0.134. The Balaban J connectivity index is 1.46. The van der Waals surface area contributed by atoms with E-state index < -0.39 is 0 Å². The lowest BCUT2D eigenvalue weighted by atomic mass is 9.84. The van der Waals surface area contributed by atoms with Crippen LogP contribution in [0.3, 0.4) is 0 Å². The summed E-state index contributed by atoms with van der Waals surface area (Å²) in [6.07, 6.45) is 8.07. The molecule has 0 bridgehead atoms. The molecule has 0 N–H and O–H groups in total. The van der Waals surface area contributed by atoms with Gasteiger partial charge in [-0.3, -0.25) is 19.3 Å². The van der Waals surface area contributed by atoms with Crippen LogP contribution in [0.4, 0.5) is 0 Å². The number of rotatable bonds is 3. The molecular formula is C18H22N6O2. The Morgan fingerprint density at radius 2 is 1.92 bits per heavy atom. The monoisotopic (exact) mass is 354 g/mol. The average molecular weight is 354 g/mol. The molecule has 0 aromatic carbocycles. The van der Waals surface area contributed by atoms with Gasteiger partial charge in [0.05, 0.1) is 0 Å². The summed E-state index contributed by atoms with van der Waals surface area (Å²) in [7, 11) is 1.75. The van der Waals surface area contributed by atoms with Gasteiger partial charge < -0.3 is 9.80 Å². The van der Waals surface area contributed by atoms with E-state index in [0.717, 1.165) is 24.8 Å². The number of nitrogens with zero attached hydrogens (tertiary/aromatic N) is 6. The summed E-state index contributed by atoms with van der Waals surface area (Å²) in [5.41, 5.74) is 0.945.